The van der Waals surface area contributed by atoms with E-state index >= 15 is 0 Å². The molecule has 1 heterocycles. The SMILES string of the molecule is C=CC(C)=C1SCCCS1. The lowest BCUT2D eigenvalue weighted by atomic mass is 10.4. The molecule has 0 radical (unpaired) electrons. The Morgan fingerprint density at radius 2 is 2.10 bits per heavy atom. The van der Waals surface area contributed by atoms with E-state index in [4.69, 9.17) is 0 Å². The molecule has 0 amide bonds. The second-order valence-corrected chi connectivity index (χ2v) is 4.69. The number of allylic oxidation sites excluding steroid dienone is 2. The molecule has 0 unspecified atom stereocenters. The topological polar surface area (TPSA) is 0 Å². The largest absolute Gasteiger partial charge is 0.119 e. The Bertz CT molecular complexity index is 151. The summed E-state index contributed by atoms with van der Waals surface area (Å²) in [6, 6.07) is 0. The number of rotatable bonds is 1. The highest BCUT2D eigenvalue weighted by Gasteiger charge is 2.07. The van der Waals surface area contributed by atoms with Gasteiger partial charge < -0.3 is 0 Å². The third-order valence-electron chi connectivity index (χ3n) is 1.38. The Balaban J connectivity index is 2.59. The average molecular weight is 172 g/mol. The summed E-state index contributed by atoms with van der Waals surface area (Å²) < 4.78 is 1.47. The minimum atomic E-state index is 1.29. The van der Waals surface area contributed by atoms with Crippen LogP contribution in [0.4, 0.5) is 0 Å². The molecule has 0 aromatic carbocycles. The van der Waals surface area contributed by atoms with Crippen LogP contribution in [0, 0.1) is 0 Å². The zero-order valence-corrected chi connectivity index (χ0v) is 7.86. The fourth-order valence-corrected chi connectivity index (χ4v) is 3.33. The Morgan fingerprint density at radius 1 is 1.50 bits per heavy atom. The van der Waals surface area contributed by atoms with Crippen LogP contribution in [0.5, 0.6) is 0 Å². The van der Waals surface area contributed by atoms with Gasteiger partial charge in [0.2, 0.25) is 0 Å². The molecule has 10 heavy (non-hydrogen) atoms. The molecular formula is C8H12S2. The fraction of sp³-hybridized carbons (Fsp3) is 0.500. The molecule has 2 heteroatoms. The molecule has 0 aromatic rings. The molecule has 0 bridgehead atoms. The monoisotopic (exact) mass is 172 g/mol. The van der Waals surface area contributed by atoms with Gasteiger partial charge >= 0.3 is 0 Å². The van der Waals surface area contributed by atoms with Crippen LogP contribution in [0.2, 0.25) is 0 Å². The molecule has 1 aliphatic rings. The van der Waals surface area contributed by atoms with Gasteiger partial charge in [0, 0.05) is 4.24 Å². The predicted molar refractivity (Wildman–Crippen MR) is 52.4 cm³/mol. The number of hydrogen-bond donors (Lipinski definition) is 0. The zero-order chi connectivity index (χ0) is 7.40. The highest BCUT2D eigenvalue weighted by molar-refractivity contribution is 8.22. The molecular weight excluding hydrogens is 160 g/mol. The predicted octanol–water partition coefficient (Wildman–Crippen LogP) is 3.27. The van der Waals surface area contributed by atoms with E-state index in [1.807, 2.05) is 29.6 Å². The van der Waals surface area contributed by atoms with Crippen molar-refractivity contribution in [2.45, 2.75) is 13.3 Å². The van der Waals surface area contributed by atoms with Crippen molar-refractivity contribution >= 4 is 23.5 Å². The second-order valence-electron chi connectivity index (χ2n) is 2.23. The quantitative estimate of drug-likeness (QED) is 0.595. The van der Waals surface area contributed by atoms with Gasteiger partial charge in [-0.15, -0.1) is 23.5 Å². The van der Waals surface area contributed by atoms with Gasteiger partial charge in [0.15, 0.2) is 0 Å². The molecule has 0 aromatic heterocycles. The van der Waals surface area contributed by atoms with Crippen LogP contribution in [0.15, 0.2) is 22.5 Å². The first-order valence-corrected chi connectivity index (χ1v) is 5.40. The van der Waals surface area contributed by atoms with Gasteiger partial charge in [-0.2, -0.15) is 0 Å². The van der Waals surface area contributed by atoms with Gasteiger partial charge in [-0.1, -0.05) is 12.7 Å². The fourth-order valence-electron chi connectivity index (χ4n) is 0.741. The third-order valence-corrected chi connectivity index (χ3v) is 4.24. The molecule has 1 fully saturated rings. The molecule has 0 nitrogen and oxygen atoms in total. The molecule has 0 atom stereocenters. The smallest absolute Gasteiger partial charge is 0.0430 e. The first-order valence-electron chi connectivity index (χ1n) is 3.43. The maximum Gasteiger partial charge on any atom is 0.0430 e. The molecule has 0 aliphatic carbocycles. The molecule has 1 rings (SSSR count). The van der Waals surface area contributed by atoms with E-state index in [9.17, 15) is 0 Å². The van der Waals surface area contributed by atoms with E-state index in [0.29, 0.717) is 0 Å². The van der Waals surface area contributed by atoms with Crippen molar-refractivity contribution in [3.05, 3.63) is 22.5 Å². The van der Waals surface area contributed by atoms with Crippen molar-refractivity contribution in [3.63, 3.8) is 0 Å². The molecule has 1 saturated heterocycles. The minimum absolute atomic E-state index is 1.29. The average Bonchev–Trinajstić information content (AvgIpc) is 2.05. The van der Waals surface area contributed by atoms with E-state index in [-0.39, 0.29) is 0 Å². The van der Waals surface area contributed by atoms with Crippen molar-refractivity contribution in [3.8, 4) is 0 Å². The van der Waals surface area contributed by atoms with Crippen LogP contribution < -0.4 is 0 Å². The van der Waals surface area contributed by atoms with Crippen molar-refractivity contribution in [1.29, 1.82) is 0 Å². The molecule has 0 N–H and O–H groups in total. The lowest BCUT2D eigenvalue weighted by molar-refractivity contribution is 1.12. The summed E-state index contributed by atoms with van der Waals surface area (Å²) in [7, 11) is 0. The van der Waals surface area contributed by atoms with Crippen molar-refractivity contribution in [1.82, 2.24) is 0 Å². The van der Waals surface area contributed by atoms with Gasteiger partial charge in [0.25, 0.3) is 0 Å². The van der Waals surface area contributed by atoms with Crippen LogP contribution in [0.25, 0.3) is 0 Å². The zero-order valence-electron chi connectivity index (χ0n) is 6.22. The normalized spacial score (nSPS) is 18.7. The summed E-state index contributed by atoms with van der Waals surface area (Å²) in [5, 5.41) is 0. The molecule has 0 saturated carbocycles. The molecule has 1 aliphatic heterocycles. The molecule has 56 valence electrons. The van der Waals surface area contributed by atoms with Gasteiger partial charge in [0.1, 0.15) is 0 Å². The van der Waals surface area contributed by atoms with Crippen LogP contribution in [-0.2, 0) is 0 Å². The first kappa shape index (κ1) is 8.28. The van der Waals surface area contributed by atoms with E-state index in [1.165, 1.54) is 27.7 Å². The van der Waals surface area contributed by atoms with Crippen LogP contribution in [0.1, 0.15) is 13.3 Å². The Hall–Kier alpha value is 0.180. The van der Waals surface area contributed by atoms with Crippen molar-refractivity contribution in [2.24, 2.45) is 0 Å². The first-order chi connectivity index (χ1) is 4.84. The standard InChI is InChI=1S/C8H12S2/c1-3-7(2)8-9-5-4-6-10-8/h3H,1,4-6H2,2H3. The van der Waals surface area contributed by atoms with Gasteiger partial charge in [-0.05, 0) is 30.4 Å². The summed E-state index contributed by atoms with van der Waals surface area (Å²) in [6.07, 6.45) is 3.30. The maximum atomic E-state index is 3.75. The molecule has 0 spiro atoms. The summed E-state index contributed by atoms with van der Waals surface area (Å²) in [6.45, 7) is 5.88. The van der Waals surface area contributed by atoms with E-state index < -0.39 is 0 Å². The van der Waals surface area contributed by atoms with Crippen molar-refractivity contribution < 1.29 is 0 Å². The van der Waals surface area contributed by atoms with Gasteiger partial charge in [-0.3, -0.25) is 0 Å². The Kier molecular flexibility index (Phi) is 3.43. The van der Waals surface area contributed by atoms with E-state index in [2.05, 4.69) is 13.5 Å². The Morgan fingerprint density at radius 3 is 2.60 bits per heavy atom. The maximum absolute atomic E-state index is 3.75. The summed E-state index contributed by atoms with van der Waals surface area (Å²) in [5.41, 5.74) is 1.34. The van der Waals surface area contributed by atoms with Crippen LogP contribution >= 0.6 is 23.5 Å². The third kappa shape index (κ3) is 2.10. The number of hydrogen-bond acceptors (Lipinski definition) is 2. The minimum Gasteiger partial charge on any atom is -0.119 e. The van der Waals surface area contributed by atoms with Gasteiger partial charge in [0.05, 0.1) is 0 Å². The highest BCUT2D eigenvalue weighted by atomic mass is 32.2. The lowest BCUT2D eigenvalue weighted by Crippen LogP contribution is -1.92. The van der Waals surface area contributed by atoms with Crippen LogP contribution in [-0.4, -0.2) is 11.5 Å². The van der Waals surface area contributed by atoms with E-state index in [1.54, 1.807) is 0 Å². The van der Waals surface area contributed by atoms with Crippen molar-refractivity contribution in [2.75, 3.05) is 11.5 Å². The second kappa shape index (κ2) is 4.14. The summed E-state index contributed by atoms with van der Waals surface area (Å²) >= 11 is 3.93. The highest BCUT2D eigenvalue weighted by Crippen LogP contribution is 2.36. The van der Waals surface area contributed by atoms with Crippen LogP contribution in [0.3, 0.4) is 0 Å². The summed E-state index contributed by atoms with van der Waals surface area (Å²) in [5.74, 6) is 2.57. The Labute approximate surface area is 71.2 Å². The lowest BCUT2D eigenvalue weighted by Gasteiger charge is -2.13. The van der Waals surface area contributed by atoms with E-state index in [0.717, 1.165) is 0 Å². The van der Waals surface area contributed by atoms with Gasteiger partial charge in [-0.25, -0.2) is 0 Å². The number of thioether (sulfide) groups is 2. The summed E-state index contributed by atoms with van der Waals surface area (Å²) in [4.78, 5) is 0.